The molecule has 1 aliphatic rings. The van der Waals surface area contributed by atoms with Gasteiger partial charge in [0.25, 0.3) is 0 Å². The summed E-state index contributed by atoms with van der Waals surface area (Å²) < 4.78 is 0.924. The van der Waals surface area contributed by atoms with E-state index in [1.54, 1.807) is 6.20 Å². The molecule has 1 fully saturated rings. The number of aromatic nitrogens is 2. The Labute approximate surface area is 110 Å². The molecule has 3 N–H and O–H groups in total. The summed E-state index contributed by atoms with van der Waals surface area (Å²) in [4.78, 5) is 10.8. The van der Waals surface area contributed by atoms with Crippen molar-refractivity contribution in [2.75, 3.05) is 23.4 Å². The average Bonchev–Trinajstić information content (AvgIpc) is 2.39. The van der Waals surface area contributed by atoms with Crippen LogP contribution in [0.15, 0.2) is 10.7 Å². The number of nitrogens with zero attached hydrogens (tertiary/aromatic N) is 3. The highest BCUT2D eigenvalue weighted by atomic mass is 79.9. The van der Waals surface area contributed by atoms with E-state index < -0.39 is 0 Å². The van der Waals surface area contributed by atoms with Gasteiger partial charge < -0.3 is 4.90 Å². The van der Waals surface area contributed by atoms with E-state index in [1.807, 2.05) is 0 Å². The lowest BCUT2D eigenvalue weighted by Crippen LogP contribution is -2.36. The number of hydrazine groups is 1. The second-order valence-electron chi connectivity index (χ2n) is 4.37. The van der Waals surface area contributed by atoms with E-state index in [4.69, 9.17) is 5.84 Å². The molecular formula is C11H18BrN5. The molecule has 1 aliphatic heterocycles. The predicted molar refractivity (Wildman–Crippen MR) is 72.8 cm³/mol. The van der Waals surface area contributed by atoms with Gasteiger partial charge >= 0.3 is 0 Å². The molecule has 1 aromatic heterocycles. The lowest BCUT2D eigenvalue weighted by Gasteiger charge is -2.33. The van der Waals surface area contributed by atoms with Gasteiger partial charge in [0.1, 0.15) is 5.82 Å². The molecule has 0 aromatic carbocycles. The molecule has 0 aliphatic carbocycles. The van der Waals surface area contributed by atoms with Crippen molar-refractivity contribution in [3.63, 3.8) is 0 Å². The number of hydrogen-bond acceptors (Lipinski definition) is 5. The highest BCUT2D eigenvalue weighted by Gasteiger charge is 2.21. The van der Waals surface area contributed by atoms with Gasteiger partial charge in [-0.1, -0.05) is 13.3 Å². The second kappa shape index (κ2) is 5.64. The summed E-state index contributed by atoms with van der Waals surface area (Å²) in [6, 6.07) is 0. The van der Waals surface area contributed by atoms with Crippen LogP contribution >= 0.6 is 15.9 Å². The molecule has 1 atom stereocenters. The Bertz CT molecular complexity index is 384. The monoisotopic (exact) mass is 299 g/mol. The van der Waals surface area contributed by atoms with Gasteiger partial charge in [0, 0.05) is 19.3 Å². The van der Waals surface area contributed by atoms with Crippen molar-refractivity contribution in [1.82, 2.24) is 9.97 Å². The summed E-state index contributed by atoms with van der Waals surface area (Å²) in [5.41, 5.74) is 2.49. The van der Waals surface area contributed by atoms with Crippen molar-refractivity contribution in [3.8, 4) is 0 Å². The molecular weight excluding hydrogens is 282 g/mol. The van der Waals surface area contributed by atoms with E-state index in [-0.39, 0.29) is 0 Å². The highest BCUT2D eigenvalue weighted by Crippen LogP contribution is 2.29. The number of hydrogen-bond donors (Lipinski definition) is 2. The van der Waals surface area contributed by atoms with Crippen molar-refractivity contribution in [2.24, 2.45) is 11.8 Å². The Morgan fingerprint density at radius 1 is 1.65 bits per heavy atom. The SMILES string of the molecule is CCC1CCCN(c2nc(NN)ncc2Br)C1. The fourth-order valence-corrected chi connectivity index (χ4v) is 2.68. The molecule has 0 radical (unpaired) electrons. The Balaban J connectivity index is 2.20. The van der Waals surface area contributed by atoms with E-state index >= 15 is 0 Å². The van der Waals surface area contributed by atoms with Crippen LogP contribution in [0, 0.1) is 5.92 Å². The zero-order chi connectivity index (χ0) is 12.3. The van der Waals surface area contributed by atoms with E-state index in [9.17, 15) is 0 Å². The summed E-state index contributed by atoms with van der Waals surface area (Å²) in [7, 11) is 0. The van der Waals surface area contributed by atoms with Crippen LogP contribution in [0.3, 0.4) is 0 Å². The first kappa shape index (κ1) is 12.6. The van der Waals surface area contributed by atoms with Crippen LogP contribution in [-0.2, 0) is 0 Å². The van der Waals surface area contributed by atoms with Crippen LogP contribution in [0.25, 0.3) is 0 Å². The number of rotatable bonds is 3. The molecule has 1 aromatic rings. The van der Waals surface area contributed by atoms with Crippen LogP contribution in [0.1, 0.15) is 26.2 Å². The maximum atomic E-state index is 5.34. The lowest BCUT2D eigenvalue weighted by molar-refractivity contribution is 0.402. The van der Waals surface area contributed by atoms with Gasteiger partial charge in [-0.25, -0.2) is 10.8 Å². The number of nitrogens with one attached hydrogen (secondary N) is 1. The molecule has 6 heteroatoms. The number of nitrogens with two attached hydrogens (primary N) is 1. The fourth-order valence-electron chi connectivity index (χ4n) is 2.24. The molecule has 0 amide bonds. The summed E-state index contributed by atoms with van der Waals surface area (Å²) in [5, 5.41) is 0. The molecule has 1 unspecified atom stereocenters. The molecule has 2 heterocycles. The van der Waals surface area contributed by atoms with E-state index in [1.165, 1.54) is 19.3 Å². The minimum absolute atomic E-state index is 0.460. The van der Waals surface area contributed by atoms with Crippen LogP contribution in [-0.4, -0.2) is 23.1 Å². The molecule has 2 rings (SSSR count). The maximum absolute atomic E-state index is 5.34. The van der Waals surface area contributed by atoms with E-state index in [0.29, 0.717) is 5.95 Å². The Morgan fingerprint density at radius 2 is 2.47 bits per heavy atom. The Hall–Kier alpha value is -0.880. The normalized spacial score (nSPS) is 20.4. The summed E-state index contributed by atoms with van der Waals surface area (Å²) in [5.74, 6) is 7.50. The molecule has 0 spiro atoms. The second-order valence-corrected chi connectivity index (χ2v) is 5.23. The van der Waals surface area contributed by atoms with Crippen molar-refractivity contribution >= 4 is 27.7 Å². The summed E-state index contributed by atoms with van der Waals surface area (Å²) in [6.45, 7) is 4.36. The highest BCUT2D eigenvalue weighted by molar-refractivity contribution is 9.10. The molecule has 0 bridgehead atoms. The third-order valence-electron chi connectivity index (χ3n) is 3.25. The van der Waals surface area contributed by atoms with Gasteiger partial charge in [-0.2, -0.15) is 4.98 Å². The topological polar surface area (TPSA) is 67.1 Å². The first-order chi connectivity index (χ1) is 8.24. The average molecular weight is 300 g/mol. The quantitative estimate of drug-likeness (QED) is 0.661. The third kappa shape index (κ3) is 2.87. The molecule has 5 nitrogen and oxygen atoms in total. The first-order valence-corrected chi connectivity index (χ1v) is 6.78. The van der Waals surface area contributed by atoms with Gasteiger partial charge in [-0.15, -0.1) is 0 Å². The fraction of sp³-hybridized carbons (Fsp3) is 0.636. The lowest BCUT2D eigenvalue weighted by atomic mass is 9.96. The van der Waals surface area contributed by atoms with Gasteiger partial charge in [0.2, 0.25) is 5.95 Å². The summed E-state index contributed by atoms with van der Waals surface area (Å²) in [6.07, 6.45) is 5.51. The van der Waals surface area contributed by atoms with E-state index in [0.717, 1.165) is 29.3 Å². The van der Waals surface area contributed by atoms with E-state index in [2.05, 4.69) is 43.1 Å². The number of nitrogen functional groups attached to an aromatic ring is 1. The van der Waals surface area contributed by atoms with Crippen LogP contribution in [0.4, 0.5) is 11.8 Å². The molecule has 94 valence electrons. The standard InChI is InChI=1S/C11H18BrN5/c1-2-8-4-3-5-17(7-8)10-9(12)6-14-11(15-10)16-13/h6,8H,2-5,7,13H2,1H3,(H,14,15,16). The minimum atomic E-state index is 0.460. The molecule has 1 saturated heterocycles. The van der Waals surface area contributed by atoms with Crippen molar-refractivity contribution in [3.05, 3.63) is 10.7 Å². The van der Waals surface area contributed by atoms with Gasteiger partial charge in [0.05, 0.1) is 4.47 Å². The van der Waals surface area contributed by atoms with Crippen molar-refractivity contribution in [2.45, 2.75) is 26.2 Å². The largest absolute Gasteiger partial charge is 0.355 e. The zero-order valence-electron chi connectivity index (χ0n) is 9.99. The van der Waals surface area contributed by atoms with Crippen molar-refractivity contribution in [1.29, 1.82) is 0 Å². The van der Waals surface area contributed by atoms with Crippen LogP contribution < -0.4 is 16.2 Å². The minimum Gasteiger partial charge on any atom is -0.355 e. The van der Waals surface area contributed by atoms with Crippen LogP contribution in [0.5, 0.6) is 0 Å². The van der Waals surface area contributed by atoms with Gasteiger partial charge in [0.15, 0.2) is 0 Å². The molecule has 17 heavy (non-hydrogen) atoms. The Morgan fingerprint density at radius 3 is 3.18 bits per heavy atom. The number of piperidine rings is 1. The van der Waals surface area contributed by atoms with Crippen LogP contribution in [0.2, 0.25) is 0 Å². The van der Waals surface area contributed by atoms with Gasteiger partial charge in [-0.05, 0) is 34.7 Å². The zero-order valence-corrected chi connectivity index (χ0v) is 11.6. The number of anilines is 2. The first-order valence-electron chi connectivity index (χ1n) is 5.98. The maximum Gasteiger partial charge on any atom is 0.239 e. The smallest absolute Gasteiger partial charge is 0.239 e. The van der Waals surface area contributed by atoms with Gasteiger partial charge in [-0.3, -0.25) is 5.43 Å². The summed E-state index contributed by atoms with van der Waals surface area (Å²) >= 11 is 3.50. The number of halogens is 1. The van der Waals surface area contributed by atoms with Crippen molar-refractivity contribution < 1.29 is 0 Å². The predicted octanol–water partition coefficient (Wildman–Crippen LogP) is 2.15. The third-order valence-corrected chi connectivity index (χ3v) is 3.81. The Kier molecular flexibility index (Phi) is 4.17. The molecule has 0 saturated carbocycles.